The third-order valence-corrected chi connectivity index (χ3v) is 6.29. The van der Waals surface area contributed by atoms with Crippen LogP contribution in [0.1, 0.15) is 22.6 Å². The van der Waals surface area contributed by atoms with Crippen molar-refractivity contribution in [1.82, 2.24) is 0 Å². The first-order chi connectivity index (χ1) is 11.7. The molecule has 124 valence electrons. The molecule has 0 saturated heterocycles. The average molecular weight is 341 g/mol. The quantitative estimate of drug-likeness (QED) is 0.850. The van der Waals surface area contributed by atoms with E-state index in [0.29, 0.717) is 25.7 Å². The number of carbonyl (C=O) groups excluding carboxylic acids is 1. The van der Waals surface area contributed by atoms with Gasteiger partial charge in [-0.15, -0.1) is 11.3 Å². The van der Waals surface area contributed by atoms with Gasteiger partial charge in [0.25, 0.3) is 0 Å². The lowest BCUT2D eigenvalue weighted by molar-refractivity contribution is -0.121. The first-order valence-corrected chi connectivity index (χ1v) is 9.24. The Hall–Kier alpha value is -2.01. The number of amides is 1. The molecule has 0 N–H and O–H groups in total. The maximum absolute atomic E-state index is 13.1. The molecule has 2 saturated carbocycles. The van der Waals surface area contributed by atoms with Crippen molar-refractivity contribution < 1.29 is 14.3 Å². The molecule has 0 atom stereocenters. The molecular formula is C19H19NO3S. The molecule has 0 bridgehead atoms. The Morgan fingerprint density at radius 3 is 2.62 bits per heavy atom. The molecule has 5 rings (SSSR count). The van der Waals surface area contributed by atoms with Crippen LogP contribution in [0.25, 0.3) is 0 Å². The van der Waals surface area contributed by atoms with E-state index in [0.717, 1.165) is 30.0 Å². The molecule has 0 spiro atoms. The minimum atomic E-state index is -0.0421. The van der Waals surface area contributed by atoms with E-state index in [1.165, 1.54) is 9.75 Å². The Labute approximate surface area is 145 Å². The van der Waals surface area contributed by atoms with Crippen molar-refractivity contribution >= 4 is 22.9 Å². The normalized spacial score (nSPS) is 25.8. The van der Waals surface area contributed by atoms with Gasteiger partial charge in [-0.1, -0.05) is 0 Å². The van der Waals surface area contributed by atoms with Gasteiger partial charge in [0.15, 0.2) is 11.5 Å². The fraction of sp³-hybridized carbons (Fsp3) is 0.421. The van der Waals surface area contributed by atoms with E-state index in [1.54, 1.807) is 11.3 Å². The number of hydrogen-bond donors (Lipinski definition) is 0. The highest BCUT2D eigenvalue weighted by Crippen LogP contribution is 2.76. The van der Waals surface area contributed by atoms with Crippen LogP contribution < -0.4 is 14.4 Å². The summed E-state index contributed by atoms with van der Waals surface area (Å²) in [5.41, 5.74) is 0.863. The summed E-state index contributed by atoms with van der Waals surface area (Å²) < 4.78 is 11.3. The van der Waals surface area contributed by atoms with Crippen molar-refractivity contribution in [1.29, 1.82) is 0 Å². The molecule has 5 heteroatoms. The van der Waals surface area contributed by atoms with Crippen LogP contribution in [0.5, 0.6) is 11.5 Å². The Morgan fingerprint density at radius 2 is 1.96 bits per heavy atom. The highest BCUT2D eigenvalue weighted by atomic mass is 32.1. The fourth-order valence-corrected chi connectivity index (χ4v) is 4.41. The SMILES string of the molecule is Cc1ccc(CN(C(=O)C23CC2C3)c2ccc3c(c2)OCCO3)s1. The summed E-state index contributed by atoms with van der Waals surface area (Å²) in [4.78, 5) is 17.5. The first kappa shape index (κ1) is 14.3. The second-order valence-corrected chi connectivity index (χ2v) is 8.37. The van der Waals surface area contributed by atoms with Crippen LogP contribution in [0.4, 0.5) is 5.69 Å². The van der Waals surface area contributed by atoms with Crippen LogP contribution in [0.2, 0.25) is 0 Å². The largest absolute Gasteiger partial charge is 0.486 e. The minimum absolute atomic E-state index is 0.0421. The monoisotopic (exact) mass is 341 g/mol. The van der Waals surface area contributed by atoms with Gasteiger partial charge in [-0.25, -0.2) is 0 Å². The van der Waals surface area contributed by atoms with Gasteiger partial charge in [0.05, 0.1) is 12.0 Å². The van der Waals surface area contributed by atoms with Crippen LogP contribution in [-0.4, -0.2) is 19.1 Å². The smallest absolute Gasteiger partial charge is 0.233 e. The molecule has 3 aliphatic rings. The molecular weight excluding hydrogens is 322 g/mol. The van der Waals surface area contributed by atoms with E-state index in [9.17, 15) is 4.79 Å². The number of aryl methyl sites for hydroxylation is 1. The Balaban J connectivity index is 1.49. The second kappa shape index (κ2) is 4.99. The number of rotatable bonds is 4. The van der Waals surface area contributed by atoms with Gasteiger partial charge in [-0.3, -0.25) is 4.79 Å². The van der Waals surface area contributed by atoms with Crippen molar-refractivity contribution in [3.8, 4) is 11.5 Å². The average Bonchev–Trinajstić information content (AvgIpc) is 3.43. The summed E-state index contributed by atoms with van der Waals surface area (Å²) in [6.45, 7) is 3.86. The molecule has 0 radical (unpaired) electrons. The Bertz CT molecular complexity index is 822. The molecule has 2 heterocycles. The van der Waals surface area contributed by atoms with Gasteiger partial charge < -0.3 is 14.4 Å². The number of carbonyl (C=O) groups is 1. The maximum atomic E-state index is 13.1. The highest BCUT2D eigenvalue weighted by molar-refractivity contribution is 7.11. The third-order valence-electron chi connectivity index (χ3n) is 5.30. The summed E-state index contributed by atoms with van der Waals surface area (Å²) >= 11 is 1.75. The van der Waals surface area contributed by atoms with Gasteiger partial charge in [0, 0.05) is 21.5 Å². The number of nitrogens with zero attached hydrogens (tertiary/aromatic N) is 1. The molecule has 1 aromatic carbocycles. The van der Waals surface area contributed by atoms with E-state index in [-0.39, 0.29) is 11.3 Å². The number of fused-ring (bicyclic) bond motifs is 2. The molecule has 1 amide bonds. The summed E-state index contributed by atoms with van der Waals surface area (Å²) in [5.74, 6) is 2.41. The summed E-state index contributed by atoms with van der Waals surface area (Å²) in [6, 6.07) is 10.1. The summed E-state index contributed by atoms with van der Waals surface area (Å²) in [6.07, 6.45) is 2.13. The molecule has 2 aliphatic carbocycles. The number of hydrogen-bond acceptors (Lipinski definition) is 4. The topological polar surface area (TPSA) is 38.8 Å². The number of thiophene rings is 1. The van der Waals surface area contributed by atoms with Gasteiger partial charge >= 0.3 is 0 Å². The molecule has 1 aromatic heterocycles. The number of anilines is 1. The van der Waals surface area contributed by atoms with Gasteiger partial charge in [-0.2, -0.15) is 0 Å². The predicted molar refractivity (Wildman–Crippen MR) is 92.8 cm³/mol. The fourth-order valence-electron chi connectivity index (χ4n) is 3.53. The van der Waals surface area contributed by atoms with E-state index in [2.05, 4.69) is 19.1 Å². The van der Waals surface area contributed by atoms with E-state index >= 15 is 0 Å². The zero-order chi connectivity index (χ0) is 16.3. The number of ether oxygens (including phenoxy) is 2. The predicted octanol–water partition coefficient (Wildman–Crippen LogP) is 3.77. The standard InChI is InChI=1S/C19H19NO3S/c1-12-2-4-15(24-12)11-20(18(21)19-9-13(19)10-19)14-3-5-16-17(8-14)23-7-6-22-16/h2-5,8,13H,6-7,9-11H2,1H3. The maximum Gasteiger partial charge on any atom is 0.233 e. The van der Waals surface area contributed by atoms with Gasteiger partial charge in [0.2, 0.25) is 5.91 Å². The molecule has 2 aromatic rings. The van der Waals surface area contributed by atoms with Crippen LogP contribution in [0.3, 0.4) is 0 Å². The van der Waals surface area contributed by atoms with Crippen molar-refractivity contribution in [3.05, 3.63) is 40.1 Å². The second-order valence-electron chi connectivity index (χ2n) is 6.99. The summed E-state index contributed by atoms with van der Waals surface area (Å²) in [5, 5.41) is 0. The minimum Gasteiger partial charge on any atom is -0.486 e. The van der Waals surface area contributed by atoms with E-state index in [1.807, 2.05) is 23.1 Å². The lowest BCUT2D eigenvalue weighted by Crippen LogP contribution is -2.33. The van der Waals surface area contributed by atoms with Gasteiger partial charge in [0.1, 0.15) is 13.2 Å². The van der Waals surface area contributed by atoms with Gasteiger partial charge in [-0.05, 0) is 49.9 Å². The first-order valence-electron chi connectivity index (χ1n) is 8.43. The van der Waals surface area contributed by atoms with Crippen LogP contribution in [0, 0.1) is 18.3 Å². The van der Waals surface area contributed by atoms with E-state index in [4.69, 9.17) is 9.47 Å². The lowest BCUT2D eigenvalue weighted by atomic mass is 10.1. The molecule has 4 nitrogen and oxygen atoms in total. The van der Waals surface area contributed by atoms with Crippen LogP contribution in [-0.2, 0) is 11.3 Å². The molecule has 1 aliphatic heterocycles. The number of benzene rings is 1. The summed E-state index contributed by atoms with van der Waals surface area (Å²) in [7, 11) is 0. The van der Waals surface area contributed by atoms with E-state index < -0.39 is 0 Å². The molecule has 2 fully saturated rings. The van der Waals surface area contributed by atoms with Crippen molar-refractivity contribution in [3.63, 3.8) is 0 Å². The van der Waals surface area contributed by atoms with Crippen molar-refractivity contribution in [2.75, 3.05) is 18.1 Å². The zero-order valence-electron chi connectivity index (χ0n) is 13.6. The van der Waals surface area contributed by atoms with Crippen molar-refractivity contribution in [2.24, 2.45) is 11.3 Å². The highest BCUT2D eigenvalue weighted by Gasteiger charge is 2.75. The van der Waals surface area contributed by atoms with Crippen LogP contribution in [0.15, 0.2) is 30.3 Å². The molecule has 0 unspecified atom stereocenters. The van der Waals surface area contributed by atoms with Crippen LogP contribution >= 0.6 is 11.3 Å². The Morgan fingerprint density at radius 1 is 1.21 bits per heavy atom. The Kier molecular flexibility index (Phi) is 2.98. The zero-order valence-corrected chi connectivity index (χ0v) is 14.4. The lowest BCUT2D eigenvalue weighted by Gasteiger charge is -2.26. The third kappa shape index (κ3) is 2.22. The molecule has 24 heavy (non-hydrogen) atoms. The van der Waals surface area contributed by atoms with Crippen molar-refractivity contribution in [2.45, 2.75) is 26.3 Å².